The third-order valence-electron chi connectivity index (χ3n) is 3.16. The van der Waals surface area contributed by atoms with Crippen molar-refractivity contribution in [2.45, 2.75) is 18.8 Å². The van der Waals surface area contributed by atoms with Crippen molar-refractivity contribution >= 4 is 5.65 Å². The van der Waals surface area contributed by atoms with Gasteiger partial charge in [0.1, 0.15) is 5.65 Å². The highest BCUT2D eigenvalue weighted by atomic mass is 15.0. The Kier molecular flexibility index (Phi) is 2.18. The van der Waals surface area contributed by atoms with Gasteiger partial charge in [-0.3, -0.25) is 0 Å². The molecule has 1 unspecified atom stereocenters. The summed E-state index contributed by atoms with van der Waals surface area (Å²) < 4.78 is 2.21. The van der Waals surface area contributed by atoms with Crippen LogP contribution in [0.4, 0.5) is 0 Å². The number of imidazole rings is 1. The molecule has 0 amide bonds. The van der Waals surface area contributed by atoms with Crippen LogP contribution < -0.4 is 5.32 Å². The number of hydrogen-bond donors (Lipinski definition) is 1. The monoisotopic (exact) mass is 201 g/mol. The summed E-state index contributed by atoms with van der Waals surface area (Å²) in [7, 11) is 0. The average molecular weight is 201 g/mol. The molecular weight excluding hydrogens is 186 g/mol. The number of piperidine rings is 1. The molecule has 0 bridgehead atoms. The van der Waals surface area contributed by atoms with Crippen LogP contribution in [-0.4, -0.2) is 22.5 Å². The third-order valence-corrected chi connectivity index (χ3v) is 3.16. The minimum Gasteiger partial charge on any atom is -0.316 e. The standard InChI is InChI=1S/C12H15N3/c1-2-7-15-11(9-14-12(15)5-1)10-4-3-6-13-8-10/h1-2,5,7,9-10,13H,3-4,6,8H2. The number of pyridine rings is 1. The largest absolute Gasteiger partial charge is 0.316 e. The van der Waals surface area contributed by atoms with Gasteiger partial charge in [-0.2, -0.15) is 0 Å². The van der Waals surface area contributed by atoms with Crippen LogP contribution in [0.2, 0.25) is 0 Å². The smallest absolute Gasteiger partial charge is 0.136 e. The van der Waals surface area contributed by atoms with Gasteiger partial charge in [-0.05, 0) is 31.5 Å². The third kappa shape index (κ3) is 1.53. The first-order valence-corrected chi connectivity index (χ1v) is 5.58. The summed E-state index contributed by atoms with van der Waals surface area (Å²) in [6.07, 6.45) is 6.67. The van der Waals surface area contributed by atoms with Gasteiger partial charge in [0.05, 0.1) is 0 Å². The van der Waals surface area contributed by atoms with Gasteiger partial charge in [0.15, 0.2) is 0 Å². The Morgan fingerprint density at radius 1 is 1.40 bits per heavy atom. The van der Waals surface area contributed by atoms with E-state index in [1.807, 2.05) is 12.3 Å². The summed E-state index contributed by atoms with van der Waals surface area (Å²) in [6, 6.07) is 6.15. The van der Waals surface area contributed by atoms with Crippen molar-refractivity contribution in [2.75, 3.05) is 13.1 Å². The van der Waals surface area contributed by atoms with Crippen molar-refractivity contribution in [1.82, 2.24) is 14.7 Å². The fourth-order valence-corrected chi connectivity index (χ4v) is 2.36. The first kappa shape index (κ1) is 8.92. The predicted octanol–water partition coefficient (Wildman–Crippen LogP) is 1.80. The van der Waals surface area contributed by atoms with E-state index in [2.05, 4.69) is 33.0 Å². The minimum atomic E-state index is 0.621. The van der Waals surface area contributed by atoms with Crippen LogP contribution in [0.3, 0.4) is 0 Å². The molecule has 0 saturated carbocycles. The molecule has 1 fully saturated rings. The molecule has 0 aromatic carbocycles. The molecule has 0 spiro atoms. The molecule has 0 aliphatic carbocycles. The van der Waals surface area contributed by atoms with Gasteiger partial charge in [-0.1, -0.05) is 6.07 Å². The van der Waals surface area contributed by atoms with Crippen LogP contribution in [-0.2, 0) is 0 Å². The van der Waals surface area contributed by atoms with Crippen LogP contribution >= 0.6 is 0 Å². The van der Waals surface area contributed by atoms with Gasteiger partial charge < -0.3 is 9.72 Å². The van der Waals surface area contributed by atoms with E-state index in [4.69, 9.17) is 0 Å². The van der Waals surface area contributed by atoms with Crippen molar-refractivity contribution in [3.63, 3.8) is 0 Å². The zero-order chi connectivity index (χ0) is 10.1. The molecule has 2 aromatic heterocycles. The molecule has 3 rings (SSSR count). The molecule has 3 nitrogen and oxygen atoms in total. The van der Waals surface area contributed by atoms with Gasteiger partial charge in [0, 0.05) is 30.6 Å². The van der Waals surface area contributed by atoms with E-state index in [1.54, 1.807) is 0 Å². The zero-order valence-electron chi connectivity index (χ0n) is 8.69. The van der Waals surface area contributed by atoms with Gasteiger partial charge in [-0.15, -0.1) is 0 Å². The molecule has 1 aliphatic heterocycles. The molecule has 2 aromatic rings. The quantitative estimate of drug-likeness (QED) is 0.762. The maximum absolute atomic E-state index is 4.43. The average Bonchev–Trinajstić information content (AvgIpc) is 2.74. The highest BCUT2D eigenvalue weighted by molar-refractivity contribution is 5.40. The molecule has 1 atom stereocenters. The lowest BCUT2D eigenvalue weighted by Gasteiger charge is -2.22. The number of rotatable bonds is 1. The fourth-order valence-electron chi connectivity index (χ4n) is 2.36. The first-order chi connectivity index (χ1) is 7.45. The predicted molar refractivity (Wildman–Crippen MR) is 60.0 cm³/mol. The molecule has 15 heavy (non-hydrogen) atoms. The maximum Gasteiger partial charge on any atom is 0.136 e. The van der Waals surface area contributed by atoms with Crippen molar-refractivity contribution in [3.8, 4) is 0 Å². The highest BCUT2D eigenvalue weighted by Gasteiger charge is 2.18. The van der Waals surface area contributed by atoms with E-state index >= 15 is 0 Å². The number of fused-ring (bicyclic) bond motifs is 1. The molecule has 3 heteroatoms. The fraction of sp³-hybridized carbons (Fsp3) is 0.417. The maximum atomic E-state index is 4.43. The van der Waals surface area contributed by atoms with Crippen molar-refractivity contribution in [2.24, 2.45) is 0 Å². The second kappa shape index (κ2) is 3.66. The Bertz CT molecular complexity index is 455. The second-order valence-corrected chi connectivity index (χ2v) is 4.16. The van der Waals surface area contributed by atoms with Crippen LogP contribution in [0.5, 0.6) is 0 Å². The molecule has 3 heterocycles. The topological polar surface area (TPSA) is 29.3 Å². The Morgan fingerprint density at radius 3 is 3.27 bits per heavy atom. The molecule has 78 valence electrons. The summed E-state index contributed by atoms with van der Waals surface area (Å²) in [5.74, 6) is 0.621. The van der Waals surface area contributed by atoms with Crippen molar-refractivity contribution in [1.29, 1.82) is 0 Å². The summed E-state index contributed by atoms with van der Waals surface area (Å²) in [6.45, 7) is 2.25. The lowest BCUT2D eigenvalue weighted by atomic mass is 9.97. The van der Waals surface area contributed by atoms with Crippen molar-refractivity contribution < 1.29 is 0 Å². The number of nitrogens with zero attached hydrogens (tertiary/aromatic N) is 2. The van der Waals surface area contributed by atoms with Crippen LogP contribution in [0.1, 0.15) is 24.5 Å². The van der Waals surface area contributed by atoms with Gasteiger partial charge in [0.25, 0.3) is 0 Å². The Balaban J connectivity index is 2.02. The lowest BCUT2D eigenvalue weighted by molar-refractivity contribution is 0.453. The Labute approximate surface area is 89.1 Å². The highest BCUT2D eigenvalue weighted by Crippen LogP contribution is 2.23. The van der Waals surface area contributed by atoms with Gasteiger partial charge in [0.2, 0.25) is 0 Å². The summed E-state index contributed by atoms with van der Waals surface area (Å²) >= 11 is 0. The van der Waals surface area contributed by atoms with E-state index in [0.29, 0.717) is 5.92 Å². The number of hydrogen-bond acceptors (Lipinski definition) is 2. The van der Waals surface area contributed by atoms with Gasteiger partial charge >= 0.3 is 0 Å². The van der Waals surface area contributed by atoms with Crippen molar-refractivity contribution in [3.05, 3.63) is 36.3 Å². The Morgan fingerprint density at radius 2 is 2.40 bits per heavy atom. The zero-order valence-corrected chi connectivity index (χ0v) is 8.69. The SMILES string of the molecule is c1ccn2c(C3CCCNC3)cnc2c1. The molecular formula is C12H15N3. The van der Waals surface area contributed by atoms with E-state index in [-0.39, 0.29) is 0 Å². The lowest BCUT2D eigenvalue weighted by Crippen LogP contribution is -2.28. The van der Waals surface area contributed by atoms with Crippen LogP contribution in [0.25, 0.3) is 5.65 Å². The number of nitrogens with one attached hydrogen (secondary N) is 1. The normalized spacial score (nSPS) is 22.0. The Hall–Kier alpha value is -1.35. The first-order valence-electron chi connectivity index (χ1n) is 5.58. The van der Waals surface area contributed by atoms with E-state index in [1.165, 1.54) is 18.5 Å². The molecule has 0 radical (unpaired) electrons. The summed E-state index contributed by atoms with van der Waals surface area (Å²) in [5.41, 5.74) is 2.40. The molecule has 1 saturated heterocycles. The van der Waals surface area contributed by atoms with Gasteiger partial charge in [-0.25, -0.2) is 4.98 Å². The summed E-state index contributed by atoms with van der Waals surface area (Å²) in [4.78, 5) is 4.43. The molecule has 1 N–H and O–H groups in total. The molecule has 1 aliphatic rings. The second-order valence-electron chi connectivity index (χ2n) is 4.16. The summed E-state index contributed by atoms with van der Waals surface area (Å²) in [5, 5.41) is 3.45. The van der Waals surface area contributed by atoms with E-state index in [9.17, 15) is 0 Å². The van der Waals surface area contributed by atoms with E-state index in [0.717, 1.165) is 18.7 Å². The minimum absolute atomic E-state index is 0.621. The van der Waals surface area contributed by atoms with Crippen LogP contribution in [0.15, 0.2) is 30.6 Å². The van der Waals surface area contributed by atoms with Crippen LogP contribution in [0, 0.1) is 0 Å². The number of aromatic nitrogens is 2. The van der Waals surface area contributed by atoms with E-state index < -0.39 is 0 Å².